The molecule has 0 saturated heterocycles. The van der Waals surface area contributed by atoms with Gasteiger partial charge in [-0.3, -0.25) is 9.36 Å². The summed E-state index contributed by atoms with van der Waals surface area (Å²) in [7, 11) is 0. The first-order valence-electron chi connectivity index (χ1n) is 4.21. The smallest absolute Gasteiger partial charge is 0.352 e. The zero-order chi connectivity index (χ0) is 10.6. The third-order valence-electron chi connectivity index (χ3n) is 1.79. The van der Waals surface area contributed by atoms with Gasteiger partial charge in [0, 0.05) is 12.6 Å². The van der Waals surface area contributed by atoms with Crippen LogP contribution in [0.1, 0.15) is 17.4 Å². The maximum atomic E-state index is 11.3. The predicted octanol–water partition coefficient (Wildman–Crippen LogP) is 1.12. The number of carboxylic acid groups (broad SMARTS) is 1. The molecule has 74 valence electrons. The highest BCUT2D eigenvalue weighted by molar-refractivity contribution is 5.85. The highest BCUT2D eigenvalue weighted by atomic mass is 16.4. The quantitative estimate of drug-likeness (QED) is 0.732. The Labute approximate surface area is 81.1 Å². The molecule has 0 fully saturated rings. The van der Waals surface area contributed by atoms with Gasteiger partial charge in [-0.2, -0.15) is 0 Å². The largest absolute Gasteiger partial charge is 0.477 e. The molecule has 1 aromatic heterocycles. The molecule has 0 amide bonds. The Bertz CT molecular complexity index is 418. The van der Waals surface area contributed by atoms with Crippen molar-refractivity contribution in [3.63, 3.8) is 0 Å². The van der Waals surface area contributed by atoms with Gasteiger partial charge in [0.2, 0.25) is 0 Å². The molecule has 0 aliphatic carbocycles. The van der Waals surface area contributed by atoms with E-state index < -0.39 is 5.97 Å². The van der Waals surface area contributed by atoms with Gasteiger partial charge >= 0.3 is 5.97 Å². The van der Waals surface area contributed by atoms with E-state index in [-0.39, 0.29) is 17.8 Å². The van der Waals surface area contributed by atoms with Crippen molar-refractivity contribution in [1.82, 2.24) is 4.57 Å². The number of rotatable bonds is 3. The molecule has 0 aromatic carbocycles. The molecule has 1 heterocycles. The van der Waals surface area contributed by atoms with E-state index in [0.717, 1.165) is 0 Å². The first-order valence-corrected chi connectivity index (χ1v) is 4.21. The molecule has 1 rings (SSSR count). The molecule has 1 N–H and O–H groups in total. The van der Waals surface area contributed by atoms with Crippen LogP contribution in [0.5, 0.6) is 0 Å². The number of carboxylic acids is 1. The van der Waals surface area contributed by atoms with Crippen LogP contribution in [-0.2, 0) is 6.54 Å². The number of nitrogens with zero attached hydrogens (tertiary/aromatic N) is 1. The fraction of sp³-hybridized carbons (Fsp3) is 0.200. The lowest BCUT2D eigenvalue weighted by molar-refractivity contribution is 0.0684. The molecule has 0 atom stereocenters. The molecular formula is C10H11NO3. The zero-order valence-electron chi connectivity index (χ0n) is 7.80. The van der Waals surface area contributed by atoms with Crippen LogP contribution in [0.4, 0.5) is 0 Å². The second-order valence-corrected chi connectivity index (χ2v) is 2.73. The summed E-state index contributed by atoms with van der Waals surface area (Å²) >= 11 is 0. The molecule has 0 aliphatic rings. The number of aromatic carboxylic acids is 1. The van der Waals surface area contributed by atoms with Crippen LogP contribution in [0, 0.1) is 0 Å². The Morgan fingerprint density at radius 1 is 1.57 bits per heavy atom. The number of carbonyl (C=O) groups is 1. The maximum absolute atomic E-state index is 11.3. The van der Waals surface area contributed by atoms with Gasteiger partial charge in [-0.1, -0.05) is 18.2 Å². The summed E-state index contributed by atoms with van der Waals surface area (Å²) in [5.41, 5.74) is -0.293. The topological polar surface area (TPSA) is 59.3 Å². The van der Waals surface area contributed by atoms with Gasteiger partial charge < -0.3 is 5.11 Å². The fourth-order valence-electron chi connectivity index (χ4n) is 1.11. The molecule has 0 unspecified atom stereocenters. The summed E-state index contributed by atoms with van der Waals surface area (Å²) in [6, 6.07) is 4.20. The SMILES string of the molecule is C/C=C/Cn1c(C(=O)O)cccc1=O. The lowest BCUT2D eigenvalue weighted by Crippen LogP contribution is -2.24. The third kappa shape index (κ3) is 2.10. The average molecular weight is 193 g/mol. The van der Waals surface area contributed by atoms with Crippen molar-refractivity contribution in [3.05, 3.63) is 46.4 Å². The highest BCUT2D eigenvalue weighted by Gasteiger charge is 2.08. The van der Waals surface area contributed by atoms with Gasteiger partial charge in [-0.05, 0) is 13.0 Å². The van der Waals surface area contributed by atoms with Crippen molar-refractivity contribution >= 4 is 5.97 Å². The van der Waals surface area contributed by atoms with Crippen LogP contribution in [0.25, 0.3) is 0 Å². The average Bonchev–Trinajstić information content (AvgIpc) is 2.15. The normalized spacial score (nSPS) is 10.6. The van der Waals surface area contributed by atoms with Crippen LogP contribution in [0.15, 0.2) is 35.1 Å². The summed E-state index contributed by atoms with van der Waals surface area (Å²) in [4.78, 5) is 22.1. The summed E-state index contributed by atoms with van der Waals surface area (Å²) in [5, 5.41) is 8.81. The van der Waals surface area contributed by atoms with E-state index >= 15 is 0 Å². The molecule has 0 aliphatic heterocycles. The maximum Gasteiger partial charge on any atom is 0.352 e. The predicted molar refractivity (Wildman–Crippen MR) is 52.5 cm³/mol. The molecule has 0 radical (unpaired) electrons. The lowest BCUT2D eigenvalue weighted by atomic mass is 10.3. The molecule has 4 heteroatoms. The molecule has 1 aromatic rings. The number of pyridine rings is 1. The van der Waals surface area contributed by atoms with Crippen molar-refractivity contribution in [2.45, 2.75) is 13.5 Å². The first kappa shape index (κ1) is 10.2. The highest BCUT2D eigenvalue weighted by Crippen LogP contribution is 1.96. The monoisotopic (exact) mass is 193 g/mol. The summed E-state index contributed by atoms with van der Waals surface area (Å²) in [6.45, 7) is 2.10. The number of aromatic nitrogens is 1. The van der Waals surface area contributed by atoms with Gasteiger partial charge in [-0.15, -0.1) is 0 Å². The van der Waals surface area contributed by atoms with Crippen molar-refractivity contribution in [1.29, 1.82) is 0 Å². The van der Waals surface area contributed by atoms with Crippen molar-refractivity contribution in [2.75, 3.05) is 0 Å². The van der Waals surface area contributed by atoms with E-state index in [1.54, 1.807) is 12.2 Å². The van der Waals surface area contributed by atoms with Crippen molar-refractivity contribution < 1.29 is 9.90 Å². The second kappa shape index (κ2) is 4.41. The number of hydrogen-bond acceptors (Lipinski definition) is 2. The van der Waals surface area contributed by atoms with Gasteiger partial charge in [0.25, 0.3) is 5.56 Å². The van der Waals surface area contributed by atoms with E-state index in [9.17, 15) is 9.59 Å². The summed E-state index contributed by atoms with van der Waals surface area (Å²) < 4.78 is 1.21. The Kier molecular flexibility index (Phi) is 3.23. The Morgan fingerprint density at radius 2 is 2.29 bits per heavy atom. The van der Waals surface area contributed by atoms with Crippen molar-refractivity contribution in [3.8, 4) is 0 Å². The minimum atomic E-state index is -1.09. The number of allylic oxidation sites excluding steroid dienone is 2. The second-order valence-electron chi connectivity index (χ2n) is 2.73. The molecule has 4 nitrogen and oxygen atoms in total. The molecule has 0 spiro atoms. The number of hydrogen-bond donors (Lipinski definition) is 1. The Balaban J connectivity index is 3.22. The van der Waals surface area contributed by atoms with Crippen LogP contribution in [-0.4, -0.2) is 15.6 Å². The third-order valence-corrected chi connectivity index (χ3v) is 1.79. The van der Waals surface area contributed by atoms with Crippen LogP contribution in [0.2, 0.25) is 0 Å². The zero-order valence-corrected chi connectivity index (χ0v) is 7.80. The van der Waals surface area contributed by atoms with E-state index in [1.807, 2.05) is 6.92 Å². The van der Waals surface area contributed by atoms with E-state index in [2.05, 4.69) is 0 Å². The lowest BCUT2D eigenvalue weighted by Gasteiger charge is -2.05. The van der Waals surface area contributed by atoms with E-state index in [4.69, 9.17) is 5.11 Å². The molecular weight excluding hydrogens is 182 g/mol. The van der Waals surface area contributed by atoms with E-state index in [1.165, 1.54) is 22.8 Å². The molecule has 14 heavy (non-hydrogen) atoms. The van der Waals surface area contributed by atoms with E-state index in [0.29, 0.717) is 0 Å². The van der Waals surface area contributed by atoms with Gasteiger partial charge in [0.05, 0.1) is 0 Å². The summed E-state index contributed by atoms with van der Waals surface area (Å²) in [6.07, 6.45) is 3.50. The summed E-state index contributed by atoms with van der Waals surface area (Å²) in [5.74, 6) is -1.09. The van der Waals surface area contributed by atoms with Crippen molar-refractivity contribution in [2.24, 2.45) is 0 Å². The minimum Gasteiger partial charge on any atom is -0.477 e. The van der Waals surface area contributed by atoms with Gasteiger partial charge in [-0.25, -0.2) is 4.79 Å². The Hall–Kier alpha value is -1.84. The standard InChI is InChI=1S/C10H11NO3/c1-2-3-7-11-8(10(13)14)5-4-6-9(11)12/h2-6H,7H2,1H3,(H,13,14)/b3-2+. The first-order chi connectivity index (χ1) is 6.66. The Morgan fingerprint density at radius 3 is 2.86 bits per heavy atom. The fourth-order valence-corrected chi connectivity index (χ4v) is 1.11. The van der Waals surface area contributed by atoms with Crippen LogP contribution < -0.4 is 5.56 Å². The van der Waals surface area contributed by atoms with Crippen LogP contribution in [0.3, 0.4) is 0 Å². The van der Waals surface area contributed by atoms with Gasteiger partial charge in [0.15, 0.2) is 0 Å². The van der Waals surface area contributed by atoms with Crippen LogP contribution >= 0.6 is 0 Å². The molecule has 0 bridgehead atoms. The molecule has 0 saturated carbocycles. The minimum absolute atomic E-state index is 0.00981. The van der Waals surface area contributed by atoms with Gasteiger partial charge in [0.1, 0.15) is 5.69 Å².